The zero-order valence-corrected chi connectivity index (χ0v) is 23.1. The summed E-state index contributed by atoms with van der Waals surface area (Å²) in [6.07, 6.45) is 4.03. The first-order valence-corrected chi connectivity index (χ1v) is 14.8. The lowest BCUT2D eigenvalue weighted by atomic mass is 10.1. The number of nitrogens with two attached hydrogens (primary N) is 1. The molecule has 196 valence electrons. The Morgan fingerprint density at radius 2 is 1.71 bits per heavy atom. The number of ketones is 1. The minimum atomic E-state index is -2.68. The van der Waals surface area contributed by atoms with E-state index in [9.17, 15) is 13.8 Å². The Morgan fingerprint density at radius 3 is 2.32 bits per heavy atom. The SMILES string of the molecule is C=S(=O)(Nc1ccc(C(Nc2cccc(/C=C(/SC(N)=O)C(=O)CC)c2)=C2CC2)cc1)c1ccc(C)cc1. The molecule has 0 spiro atoms. The molecule has 0 aliphatic heterocycles. The maximum absolute atomic E-state index is 13.2. The minimum Gasteiger partial charge on any atom is -0.360 e. The smallest absolute Gasteiger partial charge is 0.281 e. The van der Waals surface area contributed by atoms with Crippen LogP contribution < -0.4 is 15.8 Å². The van der Waals surface area contributed by atoms with Gasteiger partial charge in [-0.1, -0.05) is 48.9 Å². The molecule has 0 radical (unpaired) electrons. The van der Waals surface area contributed by atoms with E-state index >= 15 is 0 Å². The molecule has 1 aliphatic rings. The summed E-state index contributed by atoms with van der Waals surface area (Å²) in [5, 5.41) is 2.92. The average Bonchev–Trinajstić information content (AvgIpc) is 3.72. The third-order valence-electron chi connectivity index (χ3n) is 5.97. The van der Waals surface area contributed by atoms with Crippen molar-refractivity contribution in [1.29, 1.82) is 0 Å². The van der Waals surface area contributed by atoms with Crippen molar-refractivity contribution >= 4 is 61.5 Å². The van der Waals surface area contributed by atoms with Crippen molar-refractivity contribution < 1.29 is 13.8 Å². The van der Waals surface area contributed by atoms with Gasteiger partial charge in [0.05, 0.1) is 14.6 Å². The molecular weight excluding hydrogens is 514 g/mol. The Kier molecular flexibility index (Phi) is 8.44. The molecule has 0 saturated heterocycles. The largest absolute Gasteiger partial charge is 0.360 e. The summed E-state index contributed by atoms with van der Waals surface area (Å²) < 4.78 is 16.3. The summed E-state index contributed by atoms with van der Waals surface area (Å²) in [5.74, 6) is 3.79. The summed E-state index contributed by atoms with van der Waals surface area (Å²) in [6.45, 7) is 3.74. The van der Waals surface area contributed by atoms with E-state index < -0.39 is 14.9 Å². The van der Waals surface area contributed by atoms with Crippen LogP contribution >= 0.6 is 11.8 Å². The molecule has 38 heavy (non-hydrogen) atoms. The van der Waals surface area contributed by atoms with Gasteiger partial charge in [-0.15, -0.1) is 0 Å². The number of carbonyl (C=O) groups is 2. The van der Waals surface area contributed by atoms with Crippen molar-refractivity contribution in [2.75, 3.05) is 10.0 Å². The molecule has 4 N–H and O–H groups in total. The fourth-order valence-electron chi connectivity index (χ4n) is 3.84. The predicted octanol–water partition coefficient (Wildman–Crippen LogP) is 6.85. The maximum atomic E-state index is 13.2. The minimum absolute atomic E-state index is 0.129. The van der Waals surface area contributed by atoms with Gasteiger partial charge in [0.1, 0.15) is 0 Å². The number of primary amides is 1. The Morgan fingerprint density at radius 1 is 1.03 bits per heavy atom. The zero-order valence-electron chi connectivity index (χ0n) is 21.5. The molecule has 8 heteroatoms. The summed E-state index contributed by atoms with van der Waals surface area (Å²) in [4.78, 5) is 24.6. The van der Waals surface area contributed by atoms with Gasteiger partial charge in [0.25, 0.3) is 5.24 Å². The van der Waals surface area contributed by atoms with Crippen LogP contribution in [0.5, 0.6) is 0 Å². The zero-order chi connectivity index (χ0) is 27.3. The quantitative estimate of drug-likeness (QED) is 0.191. The molecule has 1 fully saturated rings. The number of thioether (sulfide) groups is 1. The van der Waals surface area contributed by atoms with Crippen LogP contribution in [0.1, 0.15) is 42.9 Å². The highest BCUT2D eigenvalue weighted by atomic mass is 32.2. The lowest BCUT2D eigenvalue weighted by molar-refractivity contribution is -0.114. The molecule has 0 bridgehead atoms. The number of amides is 1. The van der Waals surface area contributed by atoms with E-state index in [2.05, 4.69) is 15.9 Å². The van der Waals surface area contributed by atoms with E-state index in [4.69, 9.17) is 5.73 Å². The van der Waals surface area contributed by atoms with E-state index in [1.54, 1.807) is 13.0 Å². The van der Waals surface area contributed by atoms with Crippen LogP contribution in [0.3, 0.4) is 0 Å². The number of carbonyl (C=O) groups excluding carboxylic acids is 2. The van der Waals surface area contributed by atoms with Crippen LogP contribution in [-0.2, 0) is 14.5 Å². The molecular formula is C30H31N3O3S2. The van der Waals surface area contributed by atoms with Gasteiger partial charge in [0.2, 0.25) is 0 Å². The van der Waals surface area contributed by atoms with Gasteiger partial charge in [-0.3, -0.25) is 9.59 Å². The van der Waals surface area contributed by atoms with Gasteiger partial charge >= 0.3 is 0 Å². The molecule has 3 aromatic rings. The second kappa shape index (κ2) is 11.8. The molecule has 1 aliphatic carbocycles. The fraction of sp³-hybridized carbons (Fsp3) is 0.167. The molecule has 1 amide bonds. The number of nitrogens with one attached hydrogen (secondary N) is 2. The van der Waals surface area contributed by atoms with Crippen LogP contribution in [0.15, 0.2) is 88.2 Å². The average molecular weight is 546 g/mol. The molecule has 1 unspecified atom stereocenters. The van der Waals surface area contributed by atoms with Crippen molar-refractivity contribution in [2.45, 2.75) is 38.0 Å². The molecule has 4 rings (SSSR count). The lowest BCUT2D eigenvalue weighted by Gasteiger charge is -2.15. The van der Waals surface area contributed by atoms with Crippen LogP contribution in [0.25, 0.3) is 11.8 Å². The second-order valence-electron chi connectivity index (χ2n) is 9.10. The molecule has 1 atom stereocenters. The standard InChI is InChI=1S/C30H31N3O3S2/c1-4-27(34)28(37-30(31)35)19-21-6-5-7-25(18-21)32-29(22-10-11-22)23-12-14-24(15-13-23)33-38(3,36)26-16-8-20(2)9-17-26/h5-9,12-19,32H,3-4,10-11H2,1-2H3,(H2,31,35)(H,33,36)/b28-19+. The summed E-state index contributed by atoms with van der Waals surface area (Å²) in [5.41, 5.74) is 12.2. The molecule has 3 aromatic carbocycles. The van der Waals surface area contributed by atoms with Gasteiger partial charge in [0.15, 0.2) is 5.78 Å². The maximum Gasteiger partial charge on any atom is 0.281 e. The topological polar surface area (TPSA) is 101 Å². The number of aryl methyl sites for hydroxylation is 1. The van der Waals surface area contributed by atoms with Gasteiger partial charge in [-0.05, 0) is 96.6 Å². The Balaban J connectivity index is 1.53. The third kappa shape index (κ3) is 7.18. The highest BCUT2D eigenvalue weighted by Crippen LogP contribution is 2.37. The van der Waals surface area contributed by atoms with E-state index in [-0.39, 0.29) is 5.78 Å². The number of benzene rings is 3. The van der Waals surface area contributed by atoms with Crippen LogP contribution in [0, 0.1) is 6.92 Å². The highest BCUT2D eigenvalue weighted by Gasteiger charge is 2.20. The third-order valence-corrected chi connectivity index (χ3v) is 8.34. The molecule has 0 aromatic heterocycles. The normalized spacial score (nSPS) is 14.4. The predicted molar refractivity (Wildman–Crippen MR) is 161 cm³/mol. The van der Waals surface area contributed by atoms with E-state index in [1.165, 1.54) is 5.57 Å². The van der Waals surface area contributed by atoms with Crippen molar-refractivity contribution in [1.82, 2.24) is 0 Å². The van der Waals surface area contributed by atoms with E-state index in [0.717, 1.165) is 58.4 Å². The van der Waals surface area contributed by atoms with E-state index in [1.807, 2.05) is 79.7 Å². The first-order chi connectivity index (χ1) is 18.1. The van der Waals surface area contributed by atoms with Crippen LogP contribution in [0.2, 0.25) is 0 Å². The lowest BCUT2D eigenvalue weighted by Crippen LogP contribution is -2.12. The van der Waals surface area contributed by atoms with Crippen molar-refractivity contribution in [3.8, 4) is 0 Å². The Bertz CT molecular complexity index is 1520. The second-order valence-corrected chi connectivity index (χ2v) is 12.2. The molecule has 0 heterocycles. The Labute approximate surface area is 228 Å². The van der Waals surface area contributed by atoms with Crippen molar-refractivity contribution in [2.24, 2.45) is 5.73 Å². The van der Waals surface area contributed by atoms with Gasteiger partial charge in [0, 0.05) is 28.4 Å². The number of anilines is 2. The number of Topliss-reactive ketones (excluding diaryl/α,β-unsaturated/α-hetero) is 1. The number of rotatable bonds is 10. The summed E-state index contributed by atoms with van der Waals surface area (Å²) in [7, 11) is -2.68. The molecule has 6 nitrogen and oxygen atoms in total. The fourth-order valence-corrected chi connectivity index (χ4v) is 5.72. The summed E-state index contributed by atoms with van der Waals surface area (Å²) >= 11 is 0.753. The number of hydrogen-bond donors (Lipinski definition) is 3. The van der Waals surface area contributed by atoms with Crippen LogP contribution in [-0.4, -0.2) is 21.1 Å². The summed E-state index contributed by atoms with van der Waals surface area (Å²) in [6, 6.07) is 23.0. The van der Waals surface area contributed by atoms with Gasteiger partial charge in [-0.2, -0.15) is 0 Å². The highest BCUT2D eigenvalue weighted by molar-refractivity contribution is 8.17. The Hall–Kier alpha value is -3.75. The first kappa shape index (κ1) is 27.3. The monoisotopic (exact) mass is 545 g/mol. The van der Waals surface area contributed by atoms with E-state index in [0.29, 0.717) is 16.2 Å². The van der Waals surface area contributed by atoms with Crippen molar-refractivity contribution in [3.05, 3.63) is 100.0 Å². The van der Waals surface area contributed by atoms with Gasteiger partial charge < -0.3 is 15.8 Å². The molecule has 1 saturated carbocycles. The van der Waals surface area contributed by atoms with Gasteiger partial charge in [-0.25, -0.2) is 4.21 Å². The number of allylic oxidation sites excluding steroid dienone is 2. The van der Waals surface area contributed by atoms with Crippen molar-refractivity contribution in [3.63, 3.8) is 0 Å². The number of hydrogen-bond acceptors (Lipinski definition) is 5. The van der Waals surface area contributed by atoms with Crippen LogP contribution in [0.4, 0.5) is 16.2 Å². The first-order valence-electron chi connectivity index (χ1n) is 12.3.